The average molecular weight is 729 g/mol. The standard InChI is InChI=1S/C32H28F8N6OS2/c33-16-12-30(5-1-7-46(30)14-16)15-47-29-43-25-18(28(44-29)45-6-2-9-48-10-8-45)11-20(31(35,36)37)23(24(25)32(38,39)40)17-3-4-21(34)26-22(17)19(13-41)27(42)49-26/h3-4,11,16H,1-2,5-10,12,14-15,42H2/t16-,30+/m1/s1. The van der Waals surface area contributed by atoms with Gasteiger partial charge in [-0.3, -0.25) is 4.90 Å². The van der Waals surface area contributed by atoms with Crippen LogP contribution in [-0.4, -0.2) is 70.9 Å². The number of alkyl halides is 7. The van der Waals surface area contributed by atoms with E-state index in [4.69, 9.17) is 10.5 Å². The summed E-state index contributed by atoms with van der Waals surface area (Å²) >= 11 is 2.15. The van der Waals surface area contributed by atoms with Crippen molar-refractivity contribution in [3.63, 3.8) is 0 Å². The monoisotopic (exact) mass is 728 g/mol. The van der Waals surface area contributed by atoms with Crippen molar-refractivity contribution >= 4 is 54.9 Å². The molecule has 7 rings (SSSR count). The van der Waals surface area contributed by atoms with Gasteiger partial charge >= 0.3 is 18.4 Å². The Bertz CT molecular complexity index is 1990. The van der Waals surface area contributed by atoms with Gasteiger partial charge in [0.2, 0.25) is 0 Å². The lowest BCUT2D eigenvalue weighted by Gasteiger charge is -2.31. The van der Waals surface area contributed by atoms with Crippen molar-refractivity contribution in [1.29, 1.82) is 5.26 Å². The number of hydrogen-bond donors (Lipinski definition) is 1. The van der Waals surface area contributed by atoms with Gasteiger partial charge in [0.1, 0.15) is 35.5 Å². The third-order valence-electron chi connectivity index (χ3n) is 9.49. The summed E-state index contributed by atoms with van der Waals surface area (Å²) in [6.07, 6.45) is -9.75. The number of halogens is 8. The number of thiophene rings is 1. The van der Waals surface area contributed by atoms with E-state index >= 15 is 26.3 Å². The minimum Gasteiger partial charge on any atom is -0.461 e. The summed E-state index contributed by atoms with van der Waals surface area (Å²) in [4.78, 5) is 12.1. The number of hydrogen-bond acceptors (Lipinski definition) is 9. The number of nitrogens with zero attached hydrogens (tertiary/aromatic N) is 5. The molecule has 17 heteroatoms. The van der Waals surface area contributed by atoms with E-state index < -0.39 is 80.0 Å². The first-order valence-corrected chi connectivity index (χ1v) is 17.5. The molecular weight excluding hydrogens is 701 g/mol. The van der Waals surface area contributed by atoms with E-state index in [0.717, 1.165) is 24.3 Å². The lowest BCUT2D eigenvalue weighted by Crippen LogP contribution is -2.43. The average Bonchev–Trinajstić information content (AvgIpc) is 3.58. The lowest BCUT2D eigenvalue weighted by molar-refractivity contribution is -0.141. The van der Waals surface area contributed by atoms with Gasteiger partial charge < -0.3 is 15.4 Å². The highest BCUT2D eigenvalue weighted by molar-refractivity contribution is 7.99. The maximum atomic E-state index is 15.4. The molecule has 3 fully saturated rings. The zero-order valence-electron chi connectivity index (χ0n) is 25.6. The molecular formula is C32H28F8N6OS2. The molecule has 49 heavy (non-hydrogen) atoms. The number of benzene rings is 2. The van der Waals surface area contributed by atoms with Gasteiger partial charge in [-0.05, 0) is 49.3 Å². The number of nitriles is 1. The predicted octanol–water partition coefficient (Wildman–Crippen LogP) is 8.04. The highest BCUT2D eigenvalue weighted by Gasteiger charge is 2.50. The Morgan fingerprint density at radius 1 is 1.06 bits per heavy atom. The van der Waals surface area contributed by atoms with Crippen molar-refractivity contribution in [2.45, 2.75) is 49.7 Å². The Kier molecular flexibility index (Phi) is 8.50. The topological polar surface area (TPSA) is 91.3 Å². The van der Waals surface area contributed by atoms with Crippen molar-refractivity contribution in [2.24, 2.45) is 0 Å². The van der Waals surface area contributed by atoms with Gasteiger partial charge in [0, 0.05) is 48.1 Å². The van der Waals surface area contributed by atoms with Crippen LogP contribution in [0.15, 0.2) is 18.2 Å². The number of anilines is 2. The SMILES string of the molecule is N#Cc1c(N)sc2c(F)ccc(-c3c(C(F)(F)F)cc4c(N5CCCSCC5)nc(OC[C@@]56CCCN5C[C@H](F)C6)nc4c3C(F)(F)F)c12. The second-order valence-electron chi connectivity index (χ2n) is 12.5. The highest BCUT2D eigenvalue weighted by atomic mass is 32.2. The molecule has 260 valence electrons. The minimum absolute atomic E-state index is 0.124. The molecule has 7 nitrogen and oxygen atoms in total. The first-order valence-electron chi connectivity index (χ1n) is 15.5. The number of nitrogens with two attached hydrogens (primary N) is 1. The molecule has 3 aliphatic rings. The van der Waals surface area contributed by atoms with Crippen LogP contribution in [0, 0.1) is 17.1 Å². The number of ether oxygens (including phenoxy) is 1. The Morgan fingerprint density at radius 2 is 1.86 bits per heavy atom. The van der Waals surface area contributed by atoms with E-state index in [1.54, 1.807) is 22.7 Å². The van der Waals surface area contributed by atoms with Gasteiger partial charge in [0.05, 0.1) is 32.4 Å². The quantitative estimate of drug-likeness (QED) is 0.207. The molecule has 0 aliphatic carbocycles. The smallest absolute Gasteiger partial charge is 0.419 e. The van der Waals surface area contributed by atoms with Crippen molar-refractivity contribution in [2.75, 3.05) is 54.9 Å². The Morgan fingerprint density at radius 3 is 2.59 bits per heavy atom. The van der Waals surface area contributed by atoms with Crippen LogP contribution >= 0.6 is 23.1 Å². The zero-order chi connectivity index (χ0) is 34.9. The molecule has 4 aromatic rings. The molecule has 3 saturated heterocycles. The third kappa shape index (κ3) is 5.89. The van der Waals surface area contributed by atoms with E-state index in [-0.39, 0.29) is 35.1 Å². The Labute approximate surface area is 283 Å². The molecule has 2 aromatic heterocycles. The number of aromatic nitrogens is 2. The third-order valence-corrected chi connectivity index (χ3v) is 11.6. The van der Waals surface area contributed by atoms with Crippen LogP contribution in [0.3, 0.4) is 0 Å². The maximum absolute atomic E-state index is 15.4. The molecule has 5 heterocycles. The van der Waals surface area contributed by atoms with Crippen LogP contribution in [0.1, 0.15) is 42.4 Å². The largest absolute Gasteiger partial charge is 0.461 e. The Hall–Kier alpha value is -3.62. The fourth-order valence-corrected chi connectivity index (χ4v) is 9.27. The van der Waals surface area contributed by atoms with E-state index in [1.165, 1.54) is 0 Å². The van der Waals surface area contributed by atoms with E-state index in [2.05, 4.69) is 9.97 Å². The van der Waals surface area contributed by atoms with Gasteiger partial charge in [-0.15, -0.1) is 11.3 Å². The normalized spacial score (nSPS) is 22.1. The van der Waals surface area contributed by atoms with E-state index in [1.807, 2.05) is 4.90 Å². The van der Waals surface area contributed by atoms with Crippen molar-refractivity contribution in [3.8, 4) is 23.2 Å². The summed E-state index contributed by atoms with van der Waals surface area (Å²) in [6.45, 7) is 1.30. The van der Waals surface area contributed by atoms with Crippen LogP contribution in [-0.2, 0) is 12.4 Å². The van der Waals surface area contributed by atoms with Crippen LogP contribution < -0.4 is 15.4 Å². The number of thioether (sulfide) groups is 1. The molecule has 0 amide bonds. The molecule has 3 aliphatic heterocycles. The van der Waals surface area contributed by atoms with Gasteiger partial charge in [0.25, 0.3) is 0 Å². The highest BCUT2D eigenvalue weighted by Crippen LogP contribution is 2.52. The zero-order valence-corrected chi connectivity index (χ0v) is 27.3. The second-order valence-corrected chi connectivity index (χ2v) is 14.7. The molecule has 0 spiro atoms. The maximum Gasteiger partial charge on any atom is 0.419 e. The van der Waals surface area contributed by atoms with Crippen LogP contribution in [0.4, 0.5) is 45.9 Å². The van der Waals surface area contributed by atoms with Crippen LogP contribution in [0.5, 0.6) is 6.01 Å². The lowest BCUT2D eigenvalue weighted by atomic mass is 9.88. The van der Waals surface area contributed by atoms with Gasteiger partial charge in [0.15, 0.2) is 0 Å². The first kappa shape index (κ1) is 33.9. The first-order chi connectivity index (χ1) is 23.2. The fraction of sp³-hybridized carbons (Fsp3) is 0.469. The summed E-state index contributed by atoms with van der Waals surface area (Å²) in [6, 6.07) is 3.37. The van der Waals surface area contributed by atoms with Gasteiger partial charge in [-0.2, -0.15) is 53.3 Å². The summed E-state index contributed by atoms with van der Waals surface area (Å²) in [5.74, 6) is 0.186. The molecule has 0 radical (unpaired) electrons. The van der Waals surface area contributed by atoms with Crippen LogP contribution in [0.2, 0.25) is 0 Å². The summed E-state index contributed by atoms with van der Waals surface area (Å²) < 4.78 is 126. The van der Waals surface area contributed by atoms with Crippen molar-refractivity contribution in [1.82, 2.24) is 14.9 Å². The number of rotatable bonds is 5. The molecule has 2 N–H and O–H groups in total. The molecule has 0 unspecified atom stereocenters. The van der Waals surface area contributed by atoms with E-state index in [0.29, 0.717) is 55.6 Å². The fourth-order valence-electron chi connectivity index (χ4n) is 7.43. The minimum atomic E-state index is -5.44. The molecule has 2 aromatic carbocycles. The van der Waals surface area contributed by atoms with Gasteiger partial charge in [-0.1, -0.05) is 6.07 Å². The molecule has 0 bridgehead atoms. The number of fused-ring (bicyclic) bond motifs is 3. The molecule has 2 atom stereocenters. The second kappa shape index (κ2) is 12.3. The predicted molar refractivity (Wildman–Crippen MR) is 172 cm³/mol. The van der Waals surface area contributed by atoms with Crippen molar-refractivity contribution < 1.29 is 39.9 Å². The number of nitrogen functional groups attached to an aromatic ring is 1. The summed E-state index contributed by atoms with van der Waals surface area (Å²) in [7, 11) is 0. The summed E-state index contributed by atoms with van der Waals surface area (Å²) in [5, 5.41) is 8.60. The van der Waals surface area contributed by atoms with Crippen LogP contribution in [0.25, 0.3) is 32.1 Å². The van der Waals surface area contributed by atoms with E-state index in [9.17, 15) is 14.0 Å². The molecule has 0 saturated carbocycles. The van der Waals surface area contributed by atoms with Gasteiger partial charge in [-0.25, -0.2) is 8.78 Å². The Balaban J connectivity index is 1.53. The summed E-state index contributed by atoms with van der Waals surface area (Å²) in [5.41, 5.74) is -1.47. The van der Waals surface area contributed by atoms with Crippen molar-refractivity contribution in [3.05, 3.63) is 40.7 Å².